The van der Waals surface area contributed by atoms with E-state index < -0.39 is 0 Å². The number of hydrogen-bond acceptors (Lipinski definition) is 6. The van der Waals surface area contributed by atoms with Crippen LogP contribution in [-0.2, 0) is 16.1 Å². The third-order valence-corrected chi connectivity index (χ3v) is 5.06. The van der Waals surface area contributed by atoms with Gasteiger partial charge in [0.2, 0.25) is 5.91 Å². The van der Waals surface area contributed by atoms with Crippen LogP contribution in [0.2, 0.25) is 0 Å². The maximum Gasteiger partial charge on any atom is 0.250 e. The molecule has 0 saturated carbocycles. The van der Waals surface area contributed by atoms with Gasteiger partial charge in [-0.25, -0.2) is 4.99 Å². The first-order valence-corrected chi connectivity index (χ1v) is 10.1. The van der Waals surface area contributed by atoms with Crippen LogP contribution in [0.25, 0.3) is 6.08 Å². The Morgan fingerprint density at radius 3 is 2.73 bits per heavy atom. The SMILES string of the molecule is CCCN(CCC)C(=O)C1=Cc2sc(COCCCN)cc2N=C(N)C1. The number of fused-ring (bicyclic) bond motifs is 1. The van der Waals surface area contributed by atoms with E-state index >= 15 is 0 Å². The van der Waals surface area contributed by atoms with Crippen LogP contribution >= 0.6 is 11.3 Å². The normalized spacial score (nSPS) is 13.7. The fraction of sp³-hybridized carbons (Fsp3) is 0.579. The van der Waals surface area contributed by atoms with E-state index in [-0.39, 0.29) is 5.91 Å². The average Bonchev–Trinajstić information content (AvgIpc) is 2.91. The summed E-state index contributed by atoms with van der Waals surface area (Å²) in [6.45, 7) is 7.50. The van der Waals surface area contributed by atoms with Gasteiger partial charge in [-0.2, -0.15) is 0 Å². The molecule has 0 bridgehead atoms. The molecule has 1 aromatic heterocycles. The summed E-state index contributed by atoms with van der Waals surface area (Å²) >= 11 is 1.60. The van der Waals surface area contributed by atoms with Gasteiger partial charge >= 0.3 is 0 Å². The molecular formula is C19H30N4O2S. The molecule has 0 radical (unpaired) electrons. The van der Waals surface area contributed by atoms with Crippen molar-refractivity contribution in [2.24, 2.45) is 16.5 Å². The van der Waals surface area contributed by atoms with E-state index in [9.17, 15) is 4.79 Å². The van der Waals surface area contributed by atoms with Gasteiger partial charge in [-0.05, 0) is 37.9 Å². The fourth-order valence-electron chi connectivity index (χ4n) is 2.86. The molecule has 0 unspecified atom stereocenters. The van der Waals surface area contributed by atoms with E-state index in [0.29, 0.717) is 37.6 Å². The van der Waals surface area contributed by atoms with E-state index in [1.807, 2.05) is 17.0 Å². The van der Waals surface area contributed by atoms with Crippen LogP contribution < -0.4 is 11.5 Å². The van der Waals surface area contributed by atoms with Crippen LogP contribution in [0, 0.1) is 0 Å². The first-order valence-electron chi connectivity index (χ1n) is 9.32. The lowest BCUT2D eigenvalue weighted by molar-refractivity contribution is -0.127. The highest BCUT2D eigenvalue weighted by atomic mass is 32.1. The lowest BCUT2D eigenvalue weighted by Crippen LogP contribution is -2.34. The maximum atomic E-state index is 13.0. The van der Waals surface area contributed by atoms with E-state index in [4.69, 9.17) is 16.2 Å². The molecule has 1 aromatic rings. The molecule has 0 saturated heterocycles. The number of thiophene rings is 1. The van der Waals surface area contributed by atoms with Crippen LogP contribution in [0.1, 0.15) is 49.3 Å². The Kier molecular flexibility index (Phi) is 8.28. The molecule has 0 aromatic carbocycles. The molecule has 7 heteroatoms. The highest BCUT2D eigenvalue weighted by Crippen LogP contribution is 2.35. The molecule has 2 heterocycles. The minimum Gasteiger partial charge on any atom is -0.387 e. The summed E-state index contributed by atoms with van der Waals surface area (Å²) < 4.78 is 5.63. The van der Waals surface area contributed by atoms with Crippen molar-refractivity contribution in [3.05, 3.63) is 21.4 Å². The second kappa shape index (κ2) is 10.4. The van der Waals surface area contributed by atoms with Crippen LogP contribution in [0.5, 0.6) is 0 Å². The van der Waals surface area contributed by atoms with Gasteiger partial charge in [0.25, 0.3) is 0 Å². The van der Waals surface area contributed by atoms with Gasteiger partial charge in [0.1, 0.15) is 5.84 Å². The van der Waals surface area contributed by atoms with Crippen LogP contribution in [0.15, 0.2) is 16.6 Å². The summed E-state index contributed by atoms with van der Waals surface area (Å²) in [6.07, 6.45) is 5.08. The fourth-order valence-corrected chi connectivity index (χ4v) is 3.87. The molecule has 1 aliphatic rings. The highest BCUT2D eigenvalue weighted by molar-refractivity contribution is 7.13. The summed E-state index contributed by atoms with van der Waals surface area (Å²) in [6, 6.07) is 2.00. The van der Waals surface area contributed by atoms with Gasteiger partial charge in [-0.1, -0.05) is 13.8 Å². The quantitative estimate of drug-likeness (QED) is 0.612. The topological polar surface area (TPSA) is 93.9 Å². The van der Waals surface area contributed by atoms with Crippen molar-refractivity contribution in [1.82, 2.24) is 4.90 Å². The highest BCUT2D eigenvalue weighted by Gasteiger charge is 2.21. The number of nitrogens with two attached hydrogens (primary N) is 2. The molecule has 2 rings (SSSR count). The molecule has 6 nitrogen and oxygen atoms in total. The molecule has 0 spiro atoms. The zero-order chi connectivity index (χ0) is 18.9. The zero-order valence-corrected chi connectivity index (χ0v) is 16.6. The van der Waals surface area contributed by atoms with Crippen molar-refractivity contribution in [1.29, 1.82) is 0 Å². The van der Waals surface area contributed by atoms with Gasteiger partial charge in [0.15, 0.2) is 0 Å². The molecule has 4 N–H and O–H groups in total. The summed E-state index contributed by atoms with van der Waals surface area (Å²) in [4.78, 5) is 21.4. The minimum absolute atomic E-state index is 0.0637. The minimum atomic E-state index is 0.0637. The van der Waals surface area contributed by atoms with Crippen LogP contribution in [0.4, 0.5) is 5.69 Å². The largest absolute Gasteiger partial charge is 0.387 e. The number of hydrogen-bond donors (Lipinski definition) is 2. The standard InChI is InChI=1S/C19H30N4O2S/c1-3-7-23(8-4-2)19(24)14-10-17-16(22-18(21)11-14)12-15(26-17)13-25-9-5-6-20/h10,12H,3-9,11,13,20H2,1-2H3,(H2,21,22). The number of amides is 1. The smallest absolute Gasteiger partial charge is 0.250 e. The van der Waals surface area contributed by atoms with Crippen molar-refractivity contribution < 1.29 is 9.53 Å². The van der Waals surface area contributed by atoms with Gasteiger partial charge < -0.3 is 21.1 Å². The maximum absolute atomic E-state index is 13.0. The predicted molar refractivity (Wildman–Crippen MR) is 109 cm³/mol. The van der Waals surface area contributed by atoms with Crippen molar-refractivity contribution in [2.45, 2.75) is 46.1 Å². The first kappa shape index (κ1) is 20.6. The second-order valence-electron chi connectivity index (χ2n) is 6.40. The Hall–Kier alpha value is -1.70. The average molecular weight is 379 g/mol. The Balaban J connectivity index is 2.19. The molecule has 1 amide bonds. The van der Waals surface area contributed by atoms with Gasteiger partial charge in [0.05, 0.1) is 17.2 Å². The number of rotatable bonds is 10. The first-order chi connectivity index (χ1) is 12.6. The monoisotopic (exact) mass is 378 g/mol. The molecule has 26 heavy (non-hydrogen) atoms. The van der Waals surface area contributed by atoms with Gasteiger partial charge in [0, 0.05) is 36.6 Å². The second-order valence-corrected chi connectivity index (χ2v) is 7.57. The zero-order valence-electron chi connectivity index (χ0n) is 15.8. The van der Waals surface area contributed by atoms with E-state index in [2.05, 4.69) is 18.8 Å². The summed E-state index contributed by atoms with van der Waals surface area (Å²) in [5.41, 5.74) is 13.1. The molecule has 144 valence electrons. The van der Waals surface area contributed by atoms with Crippen LogP contribution in [-0.4, -0.2) is 42.9 Å². The third-order valence-electron chi connectivity index (χ3n) is 4.02. The third kappa shape index (κ3) is 5.65. The van der Waals surface area contributed by atoms with Crippen molar-refractivity contribution in [3.8, 4) is 0 Å². The molecule has 0 atom stereocenters. The number of nitrogens with zero attached hydrogens (tertiary/aromatic N) is 2. The number of amidine groups is 1. The number of ether oxygens (including phenoxy) is 1. The number of carbonyl (C=O) groups is 1. The Bertz CT molecular complexity index is 660. The summed E-state index contributed by atoms with van der Waals surface area (Å²) in [5.74, 6) is 0.540. The Morgan fingerprint density at radius 2 is 2.08 bits per heavy atom. The van der Waals surface area contributed by atoms with E-state index in [1.165, 1.54) is 0 Å². The summed E-state index contributed by atoms with van der Waals surface area (Å²) in [7, 11) is 0. The Labute approximate surface area is 159 Å². The van der Waals surface area contributed by atoms with E-state index in [0.717, 1.165) is 47.8 Å². The number of aliphatic imine (C=N–C) groups is 1. The van der Waals surface area contributed by atoms with Crippen molar-refractivity contribution >= 4 is 34.8 Å². The van der Waals surface area contributed by atoms with Crippen molar-refractivity contribution in [3.63, 3.8) is 0 Å². The number of carbonyl (C=O) groups excluding carboxylic acids is 1. The molecule has 1 aliphatic heterocycles. The van der Waals surface area contributed by atoms with Gasteiger partial charge in [-0.15, -0.1) is 11.3 Å². The van der Waals surface area contributed by atoms with E-state index in [1.54, 1.807) is 11.3 Å². The molecular weight excluding hydrogens is 348 g/mol. The van der Waals surface area contributed by atoms with Crippen LogP contribution in [0.3, 0.4) is 0 Å². The van der Waals surface area contributed by atoms with Gasteiger partial charge in [-0.3, -0.25) is 4.79 Å². The van der Waals surface area contributed by atoms with Crippen molar-refractivity contribution in [2.75, 3.05) is 26.2 Å². The molecule has 0 fully saturated rings. The lowest BCUT2D eigenvalue weighted by Gasteiger charge is -2.22. The Morgan fingerprint density at radius 1 is 1.35 bits per heavy atom. The summed E-state index contributed by atoms with van der Waals surface area (Å²) in [5, 5.41) is 0. The lowest BCUT2D eigenvalue weighted by atomic mass is 10.1. The predicted octanol–water partition coefficient (Wildman–Crippen LogP) is 3.04. The molecule has 0 aliphatic carbocycles.